The van der Waals surface area contributed by atoms with Crippen LogP contribution in [0.2, 0.25) is 0 Å². The number of nitrogens with zero attached hydrogens (tertiary/aromatic N) is 1. The topological polar surface area (TPSA) is 62.1 Å². The van der Waals surface area contributed by atoms with Crippen molar-refractivity contribution in [2.75, 3.05) is 7.11 Å². The largest absolute Gasteiger partial charge is 0.497 e. The Balaban J connectivity index is 2.38. The van der Waals surface area contributed by atoms with Crippen LogP contribution in [0.25, 0.3) is 0 Å². The van der Waals surface area contributed by atoms with Crippen molar-refractivity contribution in [1.82, 2.24) is 5.32 Å². The second-order valence-electron chi connectivity index (χ2n) is 3.95. The molecule has 2 rings (SSSR count). The van der Waals surface area contributed by atoms with Gasteiger partial charge in [0.05, 0.1) is 23.8 Å². The summed E-state index contributed by atoms with van der Waals surface area (Å²) in [4.78, 5) is 11.5. The zero-order valence-corrected chi connectivity index (χ0v) is 10.7. The van der Waals surface area contributed by atoms with E-state index in [1.54, 1.807) is 7.11 Å². The normalized spacial score (nSPS) is 19.2. The summed E-state index contributed by atoms with van der Waals surface area (Å²) in [6, 6.07) is 9.46. The summed E-state index contributed by atoms with van der Waals surface area (Å²) in [6.45, 7) is 0. The summed E-state index contributed by atoms with van der Waals surface area (Å²) in [5.41, 5.74) is 1.40. The van der Waals surface area contributed by atoms with Crippen molar-refractivity contribution in [3.05, 3.63) is 40.4 Å². The second-order valence-corrected chi connectivity index (χ2v) is 4.40. The Kier molecular flexibility index (Phi) is 3.58. The van der Waals surface area contributed by atoms with Gasteiger partial charge in [0, 0.05) is 12.3 Å². The van der Waals surface area contributed by atoms with Crippen LogP contribution >= 0.6 is 12.6 Å². The molecule has 0 unspecified atom stereocenters. The van der Waals surface area contributed by atoms with Crippen molar-refractivity contribution in [2.45, 2.75) is 12.3 Å². The van der Waals surface area contributed by atoms with E-state index in [9.17, 15) is 4.79 Å². The van der Waals surface area contributed by atoms with Gasteiger partial charge in [0.1, 0.15) is 5.75 Å². The van der Waals surface area contributed by atoms with Gasteiger partial charge in [0.2, 0.25) is 5.91 Å². The van der Waals surface area contributed by atoms with Gasteiger partial charge in [-0.05, 0) is 17.7 Å². The summed E-state index contributed by atoms with van der Waals surface area (Å²) in [5.74, 6) is 0.384. The van der Waals surface area contributed by atoms with E-state index in [2.05, 4.69) is 24.0 Å². The molecule has 1 N–H and O–H groups in total. The molecular formula is C13H12N2O2S. The van der Waals surface area contributed by atoms with E-state index in [0.717, 1.165) is 11.3 Å². The molecule has 0 saturated heterocycles. The molecule has 0 aromatic heterocycles. The molecule has 0 radical (unpaired) electrons. The minimum Gasteiger partial charge on any atom is -0.497 e. The third-order valence-electron chi connectivity index (χ3n) is 2.89. The number of nitriles is 1. The Hall–Kier alpha value is -1.93. The molecule has 18 heavy (non-hydrogen) atoms. The molecule has 0 fully saturated rings. The second kappa shape index (κ2) is 5.15. The van der Waals surface area contributed by atoms with Gasteiger partial charge >= 0.3 is 0 Å². The number of hydrogen-bond donors (Lipinski definition) is 2. The Morgan fingerprint density at radius 2 is 2.11 bits per heavy atom. The van der Waals surface area contributed by atoms with Crippen LogP contribution in [0.3, 0.4) is 0 Å². The van der Waals surface area contributed by atoms with E-state index < -0.39 is 0 Å². The zero-order valence-electron chi connectivity index (χ0n) is 9.80. The van der Waals surface area contributed by atoms with Crippen molar-refractivity contribution in [3.63, 3.8) is 0 Å². The predicted molar refractivity (Wildman–Crippen MR) is 70.1 cm³/mol. The number of amides is 1. The minimum absolute atomic E-state index is 0.125. The average Bonchev–Trinajstić information content (AvgIpc) is 2.38. The SMILES string of the molecule is COc1ccc([C@H]2CC(=O)NC(S)=C2C#N)cc1. The van der Waals surface area contributed by atoms with Crippen LogP contribution < -0.4 is 10.1 Å². The maximum Gasteiger partial charge on any atom is 0.225 e. The lowest BCUT2D eigenvalue weighted by atomic mass is 9.87. The van der Waals surface area contributed by atoms with E-state index >= 15 is 0 Å². The number of carbonyl (C=O) groups is 1. The summed E-state index contributed by atoms with van der Waals surface area (Å²) in [5, 5.41) is 12.0. The standard InChI is InChI=1S/C13H12N2O2S/c1-17-9-4-2-8(3-5-9)10-6-12(16)15-13(18)11(10)7-14/h2-5,10,18H,6H2,1H3,(H,15,16)/t10-/m1/s1. The highest BCUT2D eigenvalue weighted by Crippen LogP contribution is 2.33. The van der Waals surface area contributed by atoms with Crippen molar-refractivity contribution in [1.29, 1.82) is 5.26 Å². The molecule has 0 bridgehead atoms. The molecule has 4 nitrogen and oxygen atoms in total. The van der Waals surface area contributed by atoms with E-state index in [-0.39, 0.29) is 18.2 Å². The monoisotopic (exact) mass is 260 g/mol. The number of carbonyl (C=O) groups excluding carboxylic acids is 1. The first-order valence-electron chi connectivity index (χ1n) is 5.42. The molecule has 0 saturated carbocycles. The molecule has 1 aliphatic rings. The summed E-state index contributed by atoms with van der Waals surface area (Å²) in [6.07, 6.45) is 0.263. The van der Waals surface area contributed by atoms with Gasteiger partial charge < -0.3 is 10.1 Å². The maximum atomic E-state index is 11.5. The van der Waals surface area contributed by atoms with Gasteiger partial charge in [-0.15, -0.1) is 12.6 Å². The van der Waals surface area contributed by atoms with E-state index in [1.807, 2.05) is 24.3 Å². The molecule has 92 valence electrons. The summed E-state index contributed by atoms with van der Waals surface area (Å²) >= 11 is 4.14. The number of allylic oxidation sites excluding steroid dienone is 1. The fourth-order valence-corrected chi connectivity index (χ4v) is 2.29. The number of ether oxygens (including phenoxy) is 1. The first-order chi connectivity index (χ1) is 8.65. The Labute approximate surface area is 111 Å². The number of rotatable bonds is 2. The predicted octanol–water partition coefficient (Wildman–Crippen LogP) is 1.96. The van der Waals surface area contributed by atoms with E-state index in [1.165, 1.54) is 0 Å². The maximum absolute atomic E-state index is 11.5. The van der Waals surface area contributed by atoms with E-state index in [4.69, 9.17) is 10.00 Å². The van der Waals surface area contributed by atoms with Gasteiger partial charge in [-0.25, -0.2) is 0 Å². The smallest absolute Gasteiger partial charge is 0.225 e. The van der Waals surface area contributed by atoms with Crippen LogP contribution in [0.5, 0.6) is 5.75 Å². The van der Waals surface area contributed by atoms with Gasteiger partial charge in [-0.3, -0.25) is 4.79 Å². The Bertz CT molecular complexity index is 543. The molecule has 1 aromatic carbocycles. The number of hydrogen-bond acceptors (Lipinski definition) is 4. The third-order valence-corrected chi connectivity index (χ3v) is 3.24. The highest BCUT2D eigenvalue weighted by atomic mass is 32.1. The Morgan fingerprint density at radius 1 is 1.44 bits per heavy atom. The number of methoxy groups -OCH3 is 1. The number of benzene rings is 1. The zero-order chi connectivity index (χ0) is 13.1. The molecular weight excluding hydrogens is 248 g/mol. The van der Waals surface area contributed by atoms with Crippen LogP contribution in [-0.2, 0) is 4.79 Å². The molecule has 1 aromatic rings. The van der Waals surface area contributed by atoms with Crippen LogP contribution in [0, 0.1) is 11.3 Å². The number of thiol groups is 1. The molecule has 1 aliphatic heterocycles. The third kappa shape index (κ3) is 2.34. The lowest BCUT2D eigenvalue weighted by molar-refractivity contribution is -0.120. The van der Waals surface area contributed by atoms with E-state index in [0.29, 0.717) is 10.6 Å². The van der Waals surface area contributed by atoms with Gasteiger partial charge in [-0.1, -0.05) is 12.1 Å². The fourth-order valence-electron chi connectivity index (χ4n) is 1.95. The van der Waals surface area contributed by atoms with Crippen molar-refractivity contribution < 1.29 is 9.53 Å². The first kappa shape index (κ1) is 12.5. The van der Waals surface area contributed by atoms with Crippen molar-refractivity contribution in [3.8, 4) is 11.8 Å². The van der Waals surface area contributed by atoms with Gasteiger partial charge in [-0.2, -0.15) is 5.26 Å². The van der Waals surface area contributed by atoms with Crippen LogP contribution in [0.1, 0.15) is 17.9 Å². The Morgan fingerprint density at radius 3 is 2.67 bits per heavy atom. The molecule has 1 atom stereocenters. The quantitative estimate of drug-likeness (QED) is 0.799. The van der Waals surface area contributed by atoms with Crippen molar-refractivity contribution >= 4 is 18.5 Å². The molecule has 0 aliphatic carbocycles. The van der Waals surface area contributed by atoms with Crippen molar-refractivity contribution in [2.24, 2.45) is 0 Å². The molecule has 1 amide bonds. The number of nitrogens with one attached hydrogen (secondary N) is 1. The molecule has 5 heteroatoms. The summed E-state index contributed by atoms with van der Waals surface area (Å²) in [7, 11) is 1.59. The highest BCUT2D eigenvalue weighted by molar-refractivity contribution is 7.84. The lowest BCUT2D eigenvalue weighted by Gasteiger charge is -2.23. The lowest BCUT2D eigenvalue weighted by Crippen LogP contribution is -2.29. The van der Waals surface area contributed by atoms with Crippen LogP contribution in [0.4, 0.5) is 0 Å². The average molecular weight is 260 g/mol. The van der Waals surface area contributed by atoms with Crippen LogP contribution in [0.15, 0.2) is 34.9 Å². The van der Waals surface area contributed by atoms with Gasteiger partial charge in [0.25, 0.3) is 0 Å². The minimum atomic E-state index is -0.234. The first-order valence-corrected chi connectivity index (χ1v) is 5.87. The molecule has 0 spiro atoms. The fraction of sp³-hybridized carbons (Fsp3) is 0.231. The van der Waals surface area contributed by atoms with Gasteiger partial charge in [0.15, 0.2) is 0 Å². The molecule has 1 heterocycles. The van der Waals surface area contributed by atoms with Crippen LogP contribution in [-0.4, -0.2) is 13.0 Å². The highest BCUT2D eigenvalue weighted by Gasteiger charge is 2.27. The summed E-state index contributed by atoms with van der Waals surface area (Å²) < 4.78 is 5.08.